The van der Waals surface area contributed by atoms with Crippen LogP contribution in [-0.4, -0.2) is 28.6 Å². The van der Waals surface area contributed by atoms with E-state index in [-0.39, 0.29) is 18.0 Å². The van der Waals surface area contributed by atoms with E-state index in [9.17, 15) is 9.59 Å². The molecule has 27 heavy (non-hydrogen) atoms. The molecule has 0 unspecified atom stereocenters. The van der Waals surface area contributed by atoms with Gasteiger partial charge in [0, 0.05) is 16.8 Å². The molecule has 1 heterocycles. The number of halogens is 1. The van der Waals surface area contributed by atoms with Crippen molar-refractivity contribution in [3.05, 3.63) is 58.7 Å². The van der Waals surface area contributed by atoms with Crippen molar-refractivity contribution in [3.8, 4) is 5.75 Å². The van der Waals surface area contributed by atoms with E-state index in [0.29, 0.717) is 23.4 Å². The van der Waals surface area contributed by atoms with E-state index < -0.39 is 5.91 Å². The van der Waals surface area contributed by atoms with Crippen LogP contribution < -0.4 is 15.6 Å². The van der Waals surface area contributed by atoms with Gasteiger partial charge in [0.2, 0.25) is 5.91 Å². The predicted octanol–water partition coefficient (Wildman–Crippen LogP) is 3.14. The third-order valence-corrected chi connectivity index (χ3v) is 4.18. The molecule has 0 spiro atoms. The van der Waals surface area contributed by atoms with Gasteiger partial charge in [-0.2, -0.15) is 5.10 Å². The maximum atomic E-state index is 12.2. The predicted molar refractivity (Wildman–Crippen MR) is 103 cm³/mol. The second kappa shape index (κ2) is 8.55. The molecule has 3 N–H and O–H groups in total. The van der Waals surface area contributed by atoms with Crippen molar-refractivity contribution < 1.29 is 14.3 Å². The summed E-state index contributed by atoms with van der Waals surface area (Å²) >= 11 is 5.90. The summed E-state index contributed by atoms with van der Waals surface area (Å²) in [6, 6.07) is 12.6. The lowest BCUT2D eigenvalue weighted by Gasteiger charge is -2.09. The average molecular weight is 387 g/mol. The number of carbonyl (C=O) groups excluding carboxylic acids is 2. The maximum absolute atomic E-state index is 12.2. The number of nitrogens with zero attached hydrogens (tertiary/aromatic N) is 1. The Morgan fingerprint density at radius 1 is 1.19 bits per heavy atom. The topological polar surface area (TPSA) is 96.1 Å². The van der Waals surface area contributed by atoms with Crippen LogP contribution in [0, 0.1) is 6.92 Å². The number of fused-ring (bicyclic) bond motifs is 1. The van der Waals surface area contributed by atoms with E-state index in [4.69, 9.17) is 16.3 Å². The Kier molecular flexibility index (Phi) is 5.93. The minimum absolute atomic E-state index is 0.216. The Morgan fingerprint density at radius 2 is 2.00 bits per heavy atom. The molecule has 0 aliphatic carbocycles. The van der Waals surface area contributed by atoms with Crippen LogP contribution in [0.4, 0.5) is 0 Å². The Bertz CT molecular complexity index is 970. The van der Waals surface area contributed by atoms with Gasteiger partial charge in [-0.05, 0) is 43.2 Å². The number of hydrogen-bond acceptors (Lipinski definition) is 4. The van der Waals surface area contributed by atoms with Crippen LogP contribution in [0.3, 0.4) is 0 Å². The zero-order valence-corrected chi connectivity index (χ0v) is 15.5. The molecule has 0 fully saturated rings. The van der Waals surface area contributed by atoms with Crippen LogP contribution in [-0.2, 0) is 4.79 Å². The summed E-state index contributed by atoms with van der Waals surface area (Å²) in [5.41, 5.74) is 6.68. The molecule has 3 rings (SSSR count). The molecule has 2 aromatic carbocycles. The number of hydrogen-bond donors (Lipinski definition) is 3. The molecule has 0 aliphatic rings. The standard InChI is InChI=1S/C19H19ClN4O3/c1-12-11-13(20)8-9-16(12)27-10-4-7-17(25)22-24-19(26)18-14-5-2-3-6-15(14)21-23-18/h2-3,5-6,8-9,11H,4,7,10H2,1H3,(H,21,23)(H,22,25)(H,24,26). The molecule has 0 saturated carbocycles. The summed E-state index contributed by atoms with van der Waals surface area (Å²) in [5, 5.41) is 8.10. The number of para-hydroxylation sites is 1. The van der Waals surface area contributed by atoms with Gasteiger partial charge in [0.15, 0.2) is 5.69 Å². The monoisotopic (exact) mass is 386 g/mol. The molecule has 2 amide bonds. The van der Waals surface area contributed by atoms with Crippen molar-refractivity contribution in [2.75, 3.05) is 6.61 Å². The van der Waals surface area contributed by atoms with Gasteiger partial charge in [0.1, 0.15) is 5.75 Å². The highest BCUT2D eigenvalue weighted by atomic mass is 35.5. The zero-order chi connectivity index (χ0) is 19.2. The van der Waals surface area contributed by atoms with Gasteiger partial charge in [-0.15, -0.1) is 0 Å². The van der Waals surface area contributed by atoms with E-state index in [1.807, 2.05) is 31.2 Å². The fourth-order valence-corrected chi connectivity index (χ4v) is 2.80. The molecule has 140 valence electrons. The third kappa shape index (κ3) is 4.77. The lowest BCUT2D eigenvalue weighted by Crippen LogP contribution is -2.41. The second-order valence-corrected chi connectivity index (χ2v) is 6.42. The van der Waals surface area contributed by atoms with Crippen LogP contribution in [0.25, 0.3) is 10.9 Å². The average Bonchev–Trinajstić information content (AvgIpc) is 3.09. The van der Waals surface area contributed by atoms with Gasteiger partial charge in [-0.25, -0.2) is 0 Å². The molecule has 1 aromatic heterocycles. The lowest BCUT2D eigenvalue weighted by molar-refractivity contribution is -0.122. The fraction of sp³-hybridized carbons (Fsp3) is 0.211. The van der Waals surface area contributed by atoms with Crippen LogP contribution in [0.1, 0.15) is 28.9 Å². The second-order valence-electron chi connectivity index (χ2n) is 5.98. The number of amides is 2. The molecule has 0 saturated heterocycles. The smallest absolute Gasteiger partial charge is 0.290 e. The first-order valence-electron chi connectivity index (χ1n) is 8.46. The van der Waals surface area contributed by atoms with Crippen molar-refractivity contribution in [1.82, 2.24) is 21.0 Å². The van der Waals surface area contributed by atoms with E-state index in [2.05, 4.69) is 21.0 Å². The number of nitrogens with one attached hydrogen (secondary N) is 3. The van der Waals surface area contributed by atoms with E-state index in [1.165, 1.54) is 0 Å². The van der Waals surface area contributed by atoms with Gasteiger partial charge in [-0.3, -0.25) is 25.5 Å². The van der Waals surface area contributed by atoms with Gasteiger partial charge < -0.3 is 4.74 Å². The number of rotatable bonds is 6. The lowest BCUT2D eigenvalue weighted by atomic mass is 10.2. The van der Waals surface area contributed by atoms with Crippen molar-refractivity contribution in [2.24, 2.45) is 0 Å². The van der Waals surface area contributed by atoms with Gasteiger partial charge >= 0.3 is 0 Å². The third-order valence-electron chi connectivity index (χ3n) is 3.94. The first kappa shape index (κ1) is 18.7. The van der Waals surface area contributed by atoms with Gasteiger partial charge in [0.05, 0.1) is 12.1 Å². The van der Waals surface area contributed by atoms with Gasteiger partial charge in [-0.1, -0.05) is 29.8 Å². The minimum Gasteiger partial charge on any atom is -0.493 e. The molecule has 3 aromatic rings. The molecule has 7 nitrogen and oxygen atoms in total. The quantitative estimate of drug-likeness (QED) is 0.448. The van der Waals surface area contributed by atoms with E-state index in [0.717, 1.165) is 16.8 Å². The zero-order valence-electron chi connectivity index (χ0n) is 14.7. The van der Waals surface area contributed by atoms with Crippen molar-refractivity contribution in [3.63, 3.8) is 0 Å². The molecule has 8 heteroatoms. The number of ether oxygens (including phenoxy) is 1. The molecular formula is C19H19ClN4O3. The summed E-state index contributed by atoms with van der Waals surface area (Å²) in [6.45, 7) is 2.29. The highest BCUT2D eigenvalue weighted by molar-refractivity contribution is 6.30. The van der Waals surface area contributed by atoms with Crippen LogP contribution in [0.15, 0.2) is 42.5 Å². The highest BCUT2D eigenvalue weighted by Crippen LogP contribution is 2.21. The van der Waals surface area contributed by atoms with Crippen LogP contribution >= 0.6 is 11.6 Å². The number of aromatic amines is 1. The fourth-order valence-electron chi connectivity index (χ4n) is 2.57. The number of H-pyrrole nitrogens is 1. The number of hydrazine groups is 1. The van der Waals surface area contributed by atoms with Crippen LogP contribution in [0.2, 0.25) is 5.02 Å². The van der Waals surface area contributed by atoms with Crippen molar-refractivity contribution >= 4 is 34.3 Å². The normalized spacial score (nSPS) is 10.6. The van der Waals surface area contributed by atoms with Crippen molar-refractivity contribution in [1.29, 1.82) is 0 Å². The summed E-state index contributed by atoms with van der Waals surface area (Å²) in [5.74, 6) is -0.0491. The molecule has 0 atom stereocenters. The highest BCUT2D eigenvalue weighted by Gasteiger charge is 2.14. The number of aromatic nitrogens is 2. The maximum Gasteiger partial charge on any atom is 0.290 e. The first-order valence-corrected chi connectivity index (χ1v) is 8.83. The Morgan fingerprint density at radius 3 is 2.81 bits per heavy atom. The summed E-state index contributed by atoms with van der Waals surface area (Å²) < 4.78 is 5.63. The molecule has 0 bridgehead atoms. The molecule has 0 radical (unpaired) electrons. The minimum atomic E-state index is -0.478. The van der Waals surface area contributed by atoms with E-state index in [1.54, 1.807) is 18.2 Å². The number of benzene rings is 2. The first-order chi connectivity index (χ1) is 13.0. The Balaban J connectivity index is 1.41. The number of aryl methyl sites for hydroxylation is 1. The van der Waals surface area contributed by atoms with E-state index >= 15 is 0 Å². The van der Waals surface area contributed by atoms with Gasteiger partial charge in [0.25, 0.3) is 5.91 Å². The largest absolute Gasteiger partial charge is 0.493 e. The molecular weight excluding hydrogens is 368 g/mol. The summed E-state index contributed by atoms with van der Waals surface area (Å²) in [4.78, 5) is 24.0. The Hall–Kier alpha value is -3.06. The summed E-state index contributed by atoms with van der Waals surface area (Å²) in [6.07, 6.45) is 0.726. The Labute approximate surface area is 161 Å². The number of carbonyl (C=O) groups is 2. The van der Waals surface area contributed by atoms with Crippen LogP contribution in [0.5, 0.6) is 5.75 Å². The SMILES string of the molecule is Cc1cc(Cl)ccc1OCCCC(=O)NNC(=O)c1n[nH]c2ccccc12. The molecule has 0 aliphatic heterocycles. The summed E-state index contributed by atoms with van der Waals surface area (Å²) in [7, 11) is 0. The van der Waals surface area contributed by atoms with Crippen molar-refractivity contribution in [2.45, 2.75) is 19.8 Å².